The Morgan fingerprint density at radius 2 is 1.86 bits per heavy atom. The minimum Gasteiger partial charge on any atom is -0.382 e. The molecule has 0 aromatic rings. The molecular weight excluding hydrogens is 174 g/mol. The lowest BCUT2D eigenvalue weighted by molar-refractivity contribution is 0.142. The van der Waals surface area contributed by atoms with Crippen LogP contribution >= 0.6 is 0 Å². The Morgan fingerprint density at radius 3 is 2.43 bits per heavy atom. The summed E-state index contributed by atoms with van der Waals surface area (Å²) in [5.74, 6) is 0. The summed E-state index contributed by atoms with van der Waals surface area (Å²) < 4.78 is 5.31. The highest BCUT2D eigenvalue weighted by Crippen LogP contribution is 2.06. The van der Waals surface area contributed by atoms with Crippen molar-refractivity contribution in [2.75, 3.05) is 19.8 Å². The summed E-state index contributed by atoms with van der Waals surface area (Å²) in [6, 6.07) is 0.728. The summed E-state index contributed by atoms with van der Waals surface area (Å²) in [5, 5.41) is 3.53. The fourth-order valence-corrected chi connectivity index (χ4v) is 1.72. The minimum absolute atomic E-state index is 0.728. The van der Waals surface area contributed by atoms with E-state index < -0.39 is 0 Å². The van der Waals surface area contributed by atoms with Gasteiger partial charge in [0.1, 0.15) is 0 Å². The number of ether oxygens (including phenoxy) is 1. The number of unbranched alkanes of at least 4 members (excludes halogenated alkanes) is 1. The Labute approximate surface area is 89.4 Å². The van der Waals surface area contributed by atoms with Crippen LogP contribution in [-0.2, 0) is 4.74 Å². The highest BCUT2D eigenvalue weighted by molar-refractivity contribution is 4.64. The zero-order valence-corrected chi connectivity index (χ0v) is 10.1. The average Bonchev–Trinajstić information content (AvgIpc) is 2.18. The van der Waals surface area contributed by atoms with E-state index in [0.717, 1.165) is 25.8 Å². The van der Waals surface area contributed by atoms with Crippen LogP contribution < -0.4 is 5.32 Å². The minimum atomic E-state index is 0.728. The monoisotopic (exact) mass is 201 g/mol. The third kappa shape index (κ3) is 8.52. The van der Waals surface area contributed by atoms with Gasteiger partial charge >= 0.3 is 0 Å². The van der Waals surface area contributed by atoms with E-state index in [2.05, 4.69) is 26.1 Å². The van der Waals surface area contributed by atoms with Gasteiger partial charge in [0.05, 0.1) is 0 Å². The summed E-state index contributed by atoms with van der Waals surface area (Å²) in [4.78, 5) is 0. The number of hydrogen-bond acceptors (Lipinski definition) is 2. The van der Waals surface area contributed by atoms with Crippen molar-refractivity contribution in [2.45, 2.75) is 58.9 Å². The van der Waals surface area contributed by atoms with E-state index in [1.54, 1.807) is 0 Å². The highest BCUT2D eigenvalue weighted by atomic mass is 16.5. The molecule has 2 nitrogen and oxygen atoms in total. The van der Waals surface area contributed by atoms with Crippen LogP contribution in [0.3, 0.4) is 0 Å². The lowest BCUT2D eigenvalue weighted by atomic mass is 10.1. The largest absolute Gasteiger partial charge is 0.382 e. The molecule has 0 heterocycles. The molecule has 0 bridgehead atoms. The molecule has 14 heavy (non-hydrogen) atoms. The molecule has 0 aromatic heterocycles. The standard InChI is InChI=1S/C12H27NO/c1-4-9-12(13-5-2)10-7-8-11-14-6-3/h12-13H,4-11H2,1-3H3. The smallest absolute Gasteiger partial charge is 0.0465 e. The maximum absolute atomic E-state index is 5.31. The molecule has 2 heteroatoms. The van der Waals surface area contributed by atoms with Gasteiger partial charge in [0.25, 0.3) is 0 Å². The Kier molecular flexibility index (Phi) is 10.9. The van der Waals surface area contributed by atoms with Gasteiger partial charge in [-0.05, 0) is 39.2 Å². The van der Waals surface area contributed by atoms with Crippen LogP contribution in [-0.4, -0.2) is 25.8 Å². The average molecular weight is 201 g/mol. The Balaban J connectivity index is 3.30. The zero-order valence-electron chi connectivity index (χ0n) is 10.1. The fourth-order valence-electron chi connectivity index (χ4n) is 1.72. The van der Waals surface area contributed by atoms with Crippen molar-refractivity contribution < 1.29 is 4.74 Å². The molecule has 86 valence electrons. The summed E-state index contributed by atoms with van der Waals surface area (Å²) in [7, 11) is 0. The first-order chi connectivity index (χ1) is 6.85. The lowest BCUT2D eigenvalue weighted by Gasteiger charge is -2.16. The van der Waals surface area contributed by atoms with Crippen LogP contribution in [0, 0.1) is 0 Å². The quantitative estimate of drug-likeness (QED) is 0.549. The highest BCUT2D eigenvalue weighted by Gasteiger charge is 2.04. The van der Waals surface area contributed by atoms with E-state index in [1.165, 1.54) is 32.1 Å². The van der Waals surface area contributed by atoms with Crippen LogP contribution in [0.1, 0.15) is 52.9 Å². The van der Waals surface area contributed by atoms with E-state index in [4.69, 9.17) is 4.74 Å². The third-order valence-corrected chi connectivity index (χ3v) is 2.43. The zero-order chi connectivity index (χ0) is 10.6. The molecule has 0 radical (unpaired) electrons. The Bertz CT molecular complexity index is 100. The van der Waals surface area contributed by atoms with Crippen molar-refractivity contribution in [3.63, 3.8) is 0 Å². The molecule has 1 atom stereocenters. The van der Waals surface area contributed by atoms with Gasteiger partial charge in [0.15, 0.2) is 0 Å². The first-order valence-electron chi connectivity index (χ1n) is 6.16. The van der Waals surface area contributed by atoms with Gasteiger partial charge in [0, 0.05) is 19.3 Å². The molecule has 0 aliphatic heterocycles. The third-order valence-electron chi connectivity index (χ3n) is 2.43. The van der Waals surface area contributed by atoms with E-state index in [0.29, 0.717) is 0 Å². The molecule has 0 fully saturated rings. The number of hydrogen-bond donors (Lipinski definition) is 1. The molecule has 0 saturated carbocycles. The number of rotatable bonds is 10. The molecule has 1 unspecified atom stereocenters. The van der Waals surface area contributed by atoms with Crippen LogP contribution in [0.25, 0.3) is 0 Å². The van der Waals surface area contributed by atoms with Gasteiger partial charge in [-0.2, -0.15) is 0 Å². The van der Waals surface area contributed by atoms with Crippen LogP contribution in [0.5, 0.6) is 0 Å². The van der Waals surface area contributed by atoms with Crippen LogP contribution in [0.15, 0.2) is 0 Å². The van der Waals surface area contributed by atoms with Gasteiger partial charge < -0.3 is 10.1 Å². The van der Waals surface area contributed by atoms with Crippen molar-refractivity contribution in [2.24, 2.45) is 0 Å². The number of nitrogens with one attached hydrogen (secondary N) is 1. The van der Waals surface area contributed by atoms with Crippen molar-refractivity contribution in [1.82, 2.24) is 5.32 Å². The van der Waals surface area contributed by atoms with Crippen LogP contribution in [0.4, 0.5) is 0 Å². The second kappa shape index (κ2) is 11.0. The molecule has 0 rings (SSSR count). The van der Waals surface area contributed by atoms with E-state index >= 15 is 0 Å². The fraction of sp³-hybridized carbons (Fsp3) is 1.00. The molecule has 0 aliphatic rings. The normalized spacial score (nSPS) is 13.1. The summed E-state index contributed by atoms with van der Waals surface area (Å²) in [6.45, 7) is 9.37. The molecule has 0 aliphatic carbocycles. The molecule has 0 spiro atoms. The molecular formula is C12H27NO. The van der Waals surface area contributed by atoms with Crippen molar-refractivity contribution in [3.05, 3.63) is 0 Å². The molecule has 0 amide bonds. The predicted molar refractivity (Wildman–Crippen MR) is 62.7 cm³/mol. The molecule has 0 aromatic carbocycles. The van der Waals surface area contributed by atoms with Gasteiger partial charge in [-0.1, -0.05) is 20.3 Å². The van der Waals surface area contributed by atoms with Gasteiger partial charge in [0.2, 0.25) is 0 Å². The van der Waals surface area contributed by atoms with Gasteiger partial charge in [-0.15, -0.1) is 0 Å². The lowest BCUT2D eigenvalue weighted by Crippen LogP contribution is -2.28. The SMILES string of the molecule is CCCC(CCCCOCC)NCC. The second-order valence-electron chi connectivity index (χ2n) is 3.74. The topological polar surface area (TPSA) is 21.3 Å². The maximum Gasteiger partial charge on any atom is 0.0465 e. The second-order valence-corrected chi connectivity index (χ2v) is 3.74. The summed E-state index contributed by atoms with van der Waals surface area (Å²) >= 11 is 0. The van der Waals surface area contributed by atoms with E-state index in [1.807, 2.05) is 0 Å². The summed E-state index contributed by atoms with van der Waals surface area (Å²) in [5.41, 5.74) is 0. The van der Waals surface area contributed by atoms with E-state index in [-0.39, 0.29) is 0 Å². The van der Waals surface area contributed by atoms with Gasteiger partial charge in [-0.3, -0.25) is 0 Å². The maximum atomic E-state index is 5.31. The summed E-state index contributed by atoms with van der Waals surface area (Å²) in [6.07, 6.45) is 6.39. The van der Waals surface area contributed by atoms with Crippen molar-refractivity contribution in [3.8, 4) is 0 Å². The molecule has 0 saturated heterocycles. The van der Waals surface area contributed by atoms with E-state index in [9.17, 15) is 0 Å². The van der Waals surface area contributed by atoms with Crippen LogP contribution in [0.2, 0.25) is 0 Å². The Morgan fingerprint density at radius 1 is 1.07 bits per heavy atom. The van der Waals surface area contributed by atoms with Crippen molar-refractivity contribution >= 4 is 0 Å². The van der Waals surface area contributed by atoms with Crippen molar-refractivity contribution in [1.29, 1.82) is 0 Å². The first kappa shape index (κ1) is 13.9. The Hall–Kier alpha value is -0.0800. The van der Waals surface area contributed by atoms with Gasteiger partial charge in [-0.25, -0.2) is 0 Å². The molecule has 1 N–H and O–H groups in total. The predicted octanol–water partition coefficient (Wildman–Crippen LogP) is 2.97. The first-order valence-corrected chi connectivity index (χ1v) is 6.16.